The van der Waals surface area contributed by atoms with E-state index in [-0.39, 0.29) is 17.7 Å². The van der Waals surface area contributed by atoms with Gasteiger partial charge in [0.1, 0.15) is 17.3 Å². The standard InChI is InChI=1S/C27H30F2N6O2/c1-17(2)35-18(3)11-21-22(28)12-19(13-24(21)35)26-23(29)15-31-27(33-26)32-25-8-7-20(14-30-25)34(4)9-5-6-10-37-16-36/h7-8,11-17H,5-6,9-10H2,1-4H3,(H,30,31,32,33). The van der Waals surface area contributed by atoms with E-state index in [1.165, 1.54) is 6.07 Å². The maximum Gasteiger partial charge on any atom is 0.293 e. The molecular weight excluding hydrogens is 478 g/mol. The van der Waals surface area contributed by atoms with Crippen LogP contribution in [0.4, 0.5) is 26.2 Å². The lowest BCUT2D eigenvalue weighted by atomic mass is 10.1. The number of nitrogens with one attached hydrogen (secondary N) is 1. The van der Waals surface area contributed by atoms with Crippen molar-refractivity contribution in [3.05, 3.63) is 60.1 Å². The number of hydrogen-bond acceptors (Lipinski definition) is 7. The van der Waals surface area contributed by atoms with Crippen LogP contribution >= 0.6 is 0 Å². The number of benzene rings is 1. The zero-order chi connectivity index (χ0) is 26.5. The van der Waals surface area contributed by atoms with Crippen LogP contribution in [0, 0.1) is 18.6 Å². The van der Waals surface area contributed by atoms with Crippen LogP contribution in [0.3, 0.4) is 0 Å². The first kappa shape index (κ1) is 26.0. The molecule has 0 bridgehead atoms. The van der Waals surface area contributed by atoms with Crippen molar-refractivity contribution < 1.29 is 18.3 Å². The average molecular weight is 509 g/mol. The molecule has 0 amide bonds. The fourth-order valence-corrected chi connectivity index (χ4v) is 4.38. The average Bonchev–Trinajstić information content (AvgIpc) is 3.22. The lowest BCUT2D eigenvalue weighted by Gasteiger charge is -2.19. The van der Waals surface area contributed by atoms with Gasteiger partial charge in [0.05, 0.1) is 30.2 Å². The highest BCUT2D eigenvalue weighted by molar-refractivity contribution is 5.87. The number of ether oxygens (including phenoxy) is 1. The second-order valence-corrected chi connectivity index (χ2v) is 9.15. The molecule has 4 aromatic rings. The molecule has 1 aromatic carbocycles. The van der Waals surface area contributed by atoms with Gasteiger partial charge in [-0.25, -0.2) is 23.7 Å². The first-order chi connectivity index (χ1) is 17.8. The predicted octanol–water partition coefficient (Wildman–Crippen LogP) is 5.79. The number of fused-ring (bicyclic) bond motifs is 1. The van der Waals surface area contributed by atoms with Gasteiger partial charge in [0.15, 0.2) is 5.82 Å². The minimum atomic E-state index is -0.646. The van der Waals surface area contributed by atoms with Crippen LogP contribution in [0.5, 0.6) is 0 Å². The van der Waals surface area contributed by atoms with Crippen molar-refractivity contribution in [2.75, 3.05) is 30.4 Å². The topological polar surface area (TPSA) is 85.2 Å². The summed E-state index contributed by atoms with van der Waals surface area (Å²) in [7, 11) is 1.95. The Bertz CT molecular complexity index is 1390. The number of nitrogens with zero attached hydrogens (tertiary/aromatic N) is 5. The van der Waals surface area contributed by atoms with Gasteiger partial charge in [-0.2, -0.15) is 0 Å². The predicted molar refractivity (Wildman–Crippen MR) is 140 cm³/mol. The summed E-state index contributed by atoms with van der Waals surface area (Å²) in [5.74, 6) is -0.441. The summed E-state index contributed by atoms with van der Waals surface area (Å²) in [5, 5.41) is 3.48. The number of hydrogen-bond donors (Lipinski definition) is 1. The molecule has 3 aromatic heterocycles. The number of halogens is 2. The van der Waals surface area contributed by atoms with Gasteiger partial charge in [0.2, 0.25) is 5.95 Å². The molecular formula is C27H30F2N6O2. The van der Waals surface area contributed by atoms with Crippen LogP contribution in [0.15, 0.2) is 42.7 Å². The lowest BCUT2D eigenvalue weighted by molar-refractivity contribution is -0.128. The van der Waals surface area contributed by atoms with Gasteiger partial charge < -0.3 is 19.5 Å². The largest absolute Gasteiger partial charge is 0.468 e. The van der Waals surface area contributed by atoms with Crippen molar-refractivity contribution in [3.63, 3.8) is 0 Å². The zero-order valence-corrected chi connectivity index (χ0v) is 21.3. The van der Waals surface area contributed by atoms with Crippen molar-refractivity contribution in [2.24, 2.45) is 0 Å². The Labute approximate surface area is 214 Å². The Morgan fingerprint density at radius 1 is 1.11 bits per heavy atom. The Hall–Kier alpha value is -4.08. The van der Waals surface area contributed by atoms with E-state index in [1.807, 2.05) is 43.4 Å². The van der Waals surface area contributed by atoms with E-state index in [9.17, 15) is 13.6 Å². The normalized spacial score (nSPS) is 11.2. The highest BCUT2D eigenvalue weighted by atomic mass is 19.1. The third-order valence-corrected chi connectivity index (χ3v) is 6.14. The highest BCUT2D eigenvalue weighted by Gasteiger charge is 2.17. The van der Waals surface area contributed by atoms with Gasteiger partial charge >= 0.3 is 0 Å². The van der Waals surface area contributed by atoms with E-state index in [0.29, 0.717) is 35.4 Å². The summed E-state index contributed by atoms with van der Waals surface area (Å²) in [6.07, 6.45) is 4.42. The van der Waals surface area contributed by atoms with Crippen molar-refractivity contribution in [3.8, 4) is 11.3 Å². The first-order valence-electron chi connectivity index (χ1n) is 12.1. The molecule has 0 unspecified atom stereocenters. The molecule has 194 valence electrons. The molecule has 0 aliphatic carbocycles. The molecule has 1 N–H and O–H groups in total. The highest BCUT2D eigenvalue weighted by Crippen LogP contribution is 2.32. The Kier molecular flexibility index (Phi) is 7.95. The molecule has 0 saturated heterocycles. The Balaban J connectivity index is 1.53. The molecule has 0 atom stereocenters. The molecule has 0 aliphatic rings. The van der Waals surface area contributed by atoms with E-state index in [1.54, 1.807) is 24.4 Å². The summed E-state index contributed by atoms with van der Waals surface area (Å²) < 4.78 is 36.5. The Morgan fingerprint density at radius 3 is 2.62 bits per heavy atom. The van der Waals surface area contributed by atoms with Crippen molar-refractivity contribution in [2.45, 2.75) is 39.7 Å². The second kappa shape index (κ2) is 11.3. The van der Waals surface area contributed by atoms with Gasteiger partial charge in [0.25, 0.3) is 6.47 Å². The molecule has 0 radical (unpaired) electrons. The second-order valence-electron chi connectivity index (χ2n) is 9.15. The van der Waals surface area contributed by atoms with Crippen molar-refractivity contribution >= 4 is 34.8 Å². The molecule has 37 heavy (non-hydrogen) atoms. The number of unbranched alkanes of at least 4 members (excludes halogenated alkanes) is 1. The number of aromatic nitrogens is 4. The lowest BCUT2D eigenvalue weighted by Crippen LogP contribution is -2.19. The van der Waals surface area contributed by atoms with E-state index >= 15 is 0 Å². The van der Waals surface area contributed by atoms with Crippen molar-refractivity contribution in [1.82, 2.24) is 19.5 Å². The molecule has 0 aliphatic heterocycles. The molecule has 0 saturated carbocycles. The number of aryl methyl sites for hydroxylation is 1. The minimum absolute atomic E-state index is 0.00220. The minimum Gasteiger partial charge on any atom is -0.468 e. The van der Waals surface area contributed by atoms with Crippen LogP contribution < -0.4 is 10.2 Å². The van der Waals surface area contributed by atoms with E-state index < -0.39 is 11.6 Å². The van der Waals surface area contributed by atoms with Gasteiger partial charge in [0, 0.05) is 36.3 Å². The van der Waals surface area contributed by atoms with Crippen LogP contribution in [0.1, 0.15) is 38.4 Å². The molecule has 4 rings (SSSR count). The van der Waals surface area contributed by atoms with Gasteiger partial charge in [-0.15, -0.1) is 0 Å². The summed E-state index contributed by atoms with van der Waals surface area (Å²) >= 11 is 0. The Morgan fingerprint density at radius 2 is 1.92 bits per heavy atom. The summed E-state index contributed by atoms with van der Waals surface area (Å²) in [6.45, 7) is 7.60. The molecule has 0 spiro atoms. The van der Waals surface area contributed by atoms with Crippen molar-refractivity contribution in [1.29, 1.82) is 0 Å². The van der Waals surface area contributed by atoms with Crippen LogP contribution in [-0.2, 0) is 9.53 Å². The zero-order valence-electron chi connectivity index (χ0n) is 21.3. The fourth-order valence-electron chi connectivity index (χ4n) is 4.38. The van der Waals surface area contributed by atoms with E-state index in [4.69, 9.17) is 4.74 Å². The van der Waals surface area contributed by atoms with Gasteiger partial charge in [-0.1, -0.05) is 0 Å². The summed E-state index contributed by atoms with van der Waals surface area (Å²) in [5.41, 5.74) is 2.86. The van der Waals surface area contributed by atoms with E-state index in [2.05, 4.69) is 20.3 Å². The molecule has 8 nitrogen and oxygen atoms in total. The first-order valence-corrected chi connectivity index (χ1v) is 12.1. The maximum absolute atomic E-state index is 15.0. The molecule has 10 heteroatoms. The third-order valence-electron chi connectivity index (χ3n) is 6.14. The number of rotatable bonds is 11. The van der Waals surface area contributed by atoms with E-state index in [0.717, 1.165) is 37.0 Å². The molecule has 0 fully saturated rings. The van der Waals surface area contributed by atoms with Crippen LogP contribution in [0.2, 0.25) is 0 Å². The fraction of sp³-hybridized carbons (Fsp3) is 0.333. The smallest absolute Gasteiger partial charge is 0.293 e. The molecule has 3 heterocycles. The number of carbonyl (C=O) groups excluding carboxylic acids is 1. The number of carbonyl (C=O) groups is 1. The maximum atomic E-state index is 15.0. The number of pyridine rings is 1. The quantitative estimate of drug-likeness (QED) is 0.203. The monoisotopic (exact) mass is 508 g/mol. The summed E-state index contributed by atoms with van der Waals surface area (Å²) in [4.78, 5) is 25.0. The third kappa shape index (κ3) is 5.84. The van der Waals surface area contributed by atoms with Gasteiger partial charge in [-0.05, 0) is 63.9 Å². The van der Waals surface area contributed by atoms with Gasteiger partial charge in [-0.3, -0.25) is 4.79 Å². The summed E-state index contributed by atoms with van der Waals surface area (Å²) in [6, 6.07) is 8.64. The SMILES string of the molecule is Cc1cc2c(F)cc(-c3nc(Nc4ccc(N(C)CCCCOC=O)cn4)ncc3F)cc2n1C(C)C. The van der Waals surface area contributed by atoms with Crippen LogP contribution in [-0.4, -0.2) is 46.2 Å². The number of anilines is 3. The van der Waals surface area contributed by atoms with Crippen LogP contribution in [0.25, 0.3) is 22.2 Å².